The molecule has 0 saturated carbocycles. The van der Waals surface area contributed by atoms with E-state index in [1.54, 1.807) is 12.1 Å². The second kappa shape index (κ2) is 6.84. The van der Waals surface area contributed by atoms with Crippen molar-refractivity contribution < 1.29 is 4.39 Å². The minimum absolute atomic E-state index is 0.251. The molecule has 1 heterocycles. The smallest absolute Gasteiger partial charge is 0.139 e. The van der Waals surface area contributed by atoms with Gasteiger partial charge in [-0.05, 0) is 37.1 Å². The summed E-state index contributed by atoms with van der Waals surface area (Å²) in [6.45, 7) is 5.04. The van der Waals surface area contributed by atoms with Crippen LogP contribution in [0.1, 0.15) is 25.8 Å². The standard InChI is InChI=1S/C15H19FN4/c1-3-9-17-14-13(4-2)15(19-10-18-14)20-12-7-5-11(16)6-8-12/h5-8,10H,3-4,9H2,1-2H3,(H2,17,18,19,20). The van der Waals surface area contributed by atoms with Crippen LogP contribution >= 0.6 is 0 Å². The van der Waals surface area contributed by atoms with Crippen molar-refractivity contribution in [2.45, 2.75) is 26.7 Å². The molecular formula is C15H19FN4. The lowest BCUT2D eigenvalue weighted by molar-refractivity contribution is 0.628. The van der Waals surface area contributed by atoms with Crippen molar-refractivity contribution in [3.8, 4) is 0 Å². The zero-order valence-corrected chi connectivity index (χ0v) is 11.8. The van der Waals surface area contributed by atoms with Crippen LogP contribution in [0.25, 0.3) is 0 Å². The normalized spacial score (nSPS) is 10.3. The van der Waals surface area contributed by atoms with Crippen LogP contribution in [-0.2, 0) is 6.42 Å². The summed E-state index contributed by atoms with van der Waals surface area (Å²) < 4.78 is 12.9. The molecule has 0 fully saturated rings. The fourth-order valence-corrected chi connectivity index (χ4v) is 1.92. The predicted octanol–water partition coefficient (Wildman–Crippen LogP) is 3.74. The Morgan fingerprint density at radius 3 is 2.40 bits per heavy atom. The number of aromatic nitrogens is 2. The van der Waals surface area contributed by atoms with Crippen molar-refractivity contribution in [2.75, 3.05) is 17.2 Å². The molecule has 0 aliphatic rings. The summed E-state index contributed by atoms with van der Waals surface area (Å²) in [4.78, 5) is 8.56. The second-order valence-corrected chi connectivity index (χ2v) is 4.46. The molecule has 2 aromatic rings. The summed E-state index contributed by atoms with van der Waals surface area (Å²) in [5.74, 6) is 1.36. The fourth-order valence-electron chi connectivity index (χ4n) is 1.92. The van der Waals surface area contributed by atoms with E-state index in [-0.39, 0.29) is 5.82 Å². The highest BCUT2D eigenvalue weighted by Gasteiger charge is 2.09. The summed E-state index contributed by atoms with van der Waals surface area (Å²) in [5.41, 5.74) is 1.84. The number of rotatable bonds is 6. The number of halogens is 1. The lowest BCUT2D eigenvalue weighted by Crippen LogP contribution is -2.08. The number of anilines is 3. The third-order valence-corrected chi connectivity index (χ3v) is 2.95. The maximum atomic E-state index is 12.9. The van der Waals surface area contributed by atoms with E-state index in [4.69, 9.17) is 0 Å². The van der Waals surface area contributed by atoms with Crippen LogP contribution in [0.15, 0.2) is 30.6 Å². The maximum absolute atomic E-state index is 12.9. The average Bonchev–Trinajstić information content (AvgIpc) is 2.47. The molecule has 0 bridgehead atoms. The molecule has 4 nitrogen and oxygen atoms in total. The van der Waals surface area contributed by atoms with Crippen LogP contribution in [0.3, 0.4) is 0 Å². The van der Waals surface area contributed by atoms with Gasteiger partial charge in [0.2, 0.25) is 0 Å². The molecule has 0 aliphatic carbocycles. The van der Waals surface area contributed by atoms with E-state index in [0.717, 1.165) is 42.3 Å². The minimum atomic E-state index is -0.251. The van der Waals surface area contributed by atoms with Crippen molar-refractivity contribution in [1.82, 2.24) is 9.97 Å². The first-order chi connectivity index (χ1) is 9.74. The van der Waals surface area contributed by atoms with Gasteiger partial charge in [-0.25, -0.2) is 14.4 Å². The zero-order chi connectivity index (χ0) is 14.4. The van der Waals surface area contributed by atoms with Gasteiger partial charge in [-0.3, -0.25) is 0 Å². The molecule has 0 spiro atoms. The summed E-state index contributed by atoms with van der Waals surface area (Å²) in [7, 11) is 0. The van der Waals surface area contributed by atoms with E-state index in [2.05, 4.69) is 34.4 Å². The van der Waals surface area contributed by atoms with Crippen molar-refractivity contribution in [1.29, 1.82) is 0 Å². The van der Waals surface area contributed by atoms with Gasteiger partial charge in [0.05, 0.1) is 0 Å². The van der Waals surface area contributed by atoms with Crippen molar-refractivity contribution >= 4 is 17.3 Å². The molecule has 5 heteroatoms. The van der Waals surface area contributed by atoms with E-state index in [9.17, 15) is 4.39 Å². The molecule has 20 heavy (non-hydrogen) atoms. The van der Waals surface area contributed by atoms with E-state index >= 15 is 0 Å². The summed E-state index contributed by atoms with van der Waals surface area (Å²) >= 11 is 0. The third kappa shape index (κ3) is 3.44. The molecular weight excluding hydrogens is 255 g/mol. The Labute approximate surface area is 118 Å². The number of nitrogens with one attached hydrogen (secondary N) is 2. The van der Waals surface area contributed by atoms with Gasteiger partial charge in [0.15, 0.2) is 0 Å². The quantitative estimate of drug-likeness (QED) is 0.842. The summed E-state index contributed by atoms with van der Waals surface area (Å²) in [6.07, 6.45) is 3.38. The fraction of sp³-hybridized carbons (Fsp3) is 0.333. The molecule has 0 radical (unpaired) electrons. The van der Waals surface area contributed by atoms with Gasteiger partial charge in [-0.1, -0.05) is 13.8 Å². The first-order valence-corrected chi connectivity index (χ1v) is 6.85. The Morgan fingerprint density at radius 1 is 1.05 bits per heavy atom. The van der Waals surface area contributed by atoms with Crippen LogP contribution in [0.2, 0.25) is 0 Å². The van der Waals surface area contributed by atoms with E-state index in [1.807, 2.05) is 0 Å². The van der Waals surface area contributed by atoms with Crippen LogP contribution in [-0.4, -0.2) is 16.5 Å². The Balaban J connectivity index is 2.24. The number of hydrogen-bond acceptors (Lipinski definition) is 4. The Kier molecular flexibility index (Phi) is 4.87. The highest BCUT2D eigenvalue weighted by Crippen LogP contribution is 2.24. The van der Waals surface area contributed by atoms with Crippen LogP contribution < -0.4 is 10.6 Å². The van der Waals surface area contributed by atoms with Gasteiger partial charge >= 0.3 is 0 Å². The first-order valence-electron chi connectivity index (χ1n) is 6.85. The van der Waals surface area contributed by atoms with Gasteiger partial charge in [-0.15, -0.1) is 0 Å². The molecule has 0 unspecified atom stereocenters. The lowest BCUT2D eigenvalue weighted by atomic mass is 10.2. The van der Waals surface area contributed by atoms with Crippen molar-refractivity contribution in [3.05, 3.63) is 42.0 Å². The first kappa shape index (κ1) is 14.2. The summed E-state index contributed by atoms with van der Waals surface area (Å²) in [6, 6.07) is 6.23. The topological polar surface area (TPSA) is 49.8 Å². The van der Waals surface area contributed by atoms with Gasteiger partial charge in [-0.2, -0.15) is 0 Å². The molecule has 0 atom stereocenters. The molecule has 2 rings (SSSR count). The number of benzene rings is 1. The van der Waals surface area contributed by atoms with Crippen LogP contribution in [0.5, 0.6) is 0 Å². The van der Waals surface area contributed by atoms with E-state index in [1.165, 1.54) is 18.5 Å². The SMILES string of the molecule is CCCNc1ncnc(Nc2ccc(F)cc2)c1CC. The Bertz CT molecular complexity index is 554. The molecule has 0 saturated heterocycles. The monoisotopic (exact) mass is 274 g/mol. The van der Waals surface area contributed by atoms with Crippen LogP contribution in [0, 0.1) is 5.82 Å². The molecule has 1 aromatic carbocycles. The molecule has 1 aromatic heterocycles. The van der Waals surface area contributed by atoms with Crippen molar-refractivity contribution in [3.63, 3.8) is 0 Å². The van der Waals surface area contributed by atoms with Gasteiger partial charge in [0.25, 0.3) is 0 Å². The Hall–Kier alpha value is -2.17. The van der Waals surface area contributed by atoms with E-state index in [0.29, 0.717) is 0 Å². The summed E-state index contributed by atoms with van der Waals surface area (Å²) in [5, 5.41) is 6.51. The minimum Gasteiger partial charge on any atom is -0.370 e. The second-order valence-electron chi connectivity index (χ2n) is 4.46. The molecule has 2 N–H and O–H groups in total. The van der Waals surface area contributed by atoms with Crippen molar-refractivity contribution in [2.24, 2.45) is 0 Å². The maximum Gasteiger partial charge on any atom is 0.139 e. The zero-order valence-electron chi connectivity index (χ0n) is 11.8. The van der Waals surface area contributed by atoms with Gasteiger partial charge in [0.1, 0.15) is 23.8 Å². The number of nitrogens with zero attached hydrogens (tertiary/aromatic N) is 2. The van der Waals surface area contributed by atoms with Gasteiger partial charge < -0.3 is 10.6 Å². The number of hydrogen-bond donors (Lipinski definition) is 2. The highest BCUT2D eigenvalue weighted by atomic mass is 19.1. The average molecular weight is 274 g/mol. The highest BCUT2D eigenvalue weighted by molar-refractivity contribution is 5.64. The van der Waals surface area contributed by atoms with Crippen LogP contribution in [0.4, 0.5) is 21.7 Å². The van der Waals surface area contributed by atoms with E-state index < -0.39 is 0 Å². The molecule has 0 amide bonds. The molecule has 0 aliphatic heterocycles. The Morgan fingerprint density at radius 2 is 1.75 bits per heavy atom. The van der Waals surface area contributed by atoms with Gasteiger partial charge in [0, 0.05) is 17.8 Å². The molecule has 106 valence electrons. The predicted molar refractivity (Wildman–Crippen MR) is 79.9 cm³/mol. The lowest BCUT2D eigenvalue weighted by Gasteiger charge is -2.14. The largest absolute Gasteiger partial charge is 0.370 e. The third-order valence-electron chi connectivity index (χ3n) is 2.95.